The maximum Gasteiger partial charge on any atom is 0.0468 e. The van der Waals surface area contributed by atoms with E-state index in [0.29, 0.717) is 16.1 Å². The van der Waals surface area contributed by atoms with Gasteiger partial charge in [-0.25, -0.2) is 0 Å². The van der Waals surface area contributed by atoms with Crippen LogP contribution in [0.25, 0.3) is 0 Å². The Morgan fingerprint density at radius 3 is 2.59 bits per heavy atom. The Balaban J connectivity index is 2.60. The van der Waals surface area contributed by atoms with E-state index in [4.69, 9.17) is 28.3 Å². The first-order valence-corrected chi connectivity index (χ1v) is 6.62. The van der Waals surface area contributed by atoms with Crippen molar-refractivity contribution in [1.29, 1.82) is 0 Å². The number of aliphatic hydroxyl groups excluding tert-OH is 1. The molecule has 1 rings (SSSR count). The van der Waals surface area contributed by atoms with E-state index < -0.39 is 0 Å². The molecule has 1 aromatic carbocycles. The molecule has 96 valence electrons. The second-order valence-corrected chi connectivity index (χ2v) is 5.16. The van der Waals surface area contributed by atoms with Crippen LogP contribution >= 0.6 is 23.2 Å². The van der Waals surface area contributed by atoms with Crippen molar-refractivity contribution >= 4 is 23.2 Å². The van der Waals surface area contributed by atoms with E-state index >= 15 is 0 Å². The van der Waals surface area contributed by atoms with Crippen molar-refractivity contribution in [2.75, 3.05) is 6.61 Å². The molecule has 0 saturated carbocycles. The largest absolute Gasteiger partial charge is 0.396 e. The molecule has 0 fully saturated rings. The van der Waals surface area contributed by atoms with Gasteiger partial charge in [0.25, 0.3) is 0 Å². The van der Waals surface area contributed by atoms with Crippen molar-refractivity contribution in [3.8, 4) is 0 Å². The number of halogens is 2. The average molecular weight is 276 g/mol. The van der Waals surface area contributed by atoms with Crippen LogP contribution in [0.5, 0.6) is 0 Å². The zero-order chi connectivity index (χ0) is 12.8. The predicted octanol–water partition coefficient (Wildman–Crippen LogP) is 3.81. The molecule has 0 radical (unpaired) electrons. The summed E-state index contributed by atoms with van der Waals surface area (Å²) in [5, 5.41) is 13.6. The molecule has 0 amide bonds. The summed E-state index contributed by atoms with van der Waals surface area (Å²) in [7, 11) is 0. The molecule has 0 saturated heterocycles. The van der Waals surface area contributed by atoms with E-state index in [1.807, 2.05) is 12.1 Å². The van der Waals surface area contributed by atoms with Crippen molar-refractivity contribution in [3.63, 3.8) is 0 Å². The fraction of sp³-hybridized carbons (Fsp3) is 0.538. The summed E-state index contributed by atoms with van der Waals surface area (Å²) in [5.74, 6) is 0. The maximum absolute atomic E-state index is 8.78. The zero-order valence-electron chi connectivity index (χ0n) is 10.2. The fourth-order valence-electron chi connectivity index (χ4n) is 1.85. The molecule has 0 heterocycles. The number of hydrogen-bond donors (Lipinski definition) is 2. The molecule has 2 unspecified atom stereocenters. The molecule has 2 N–H and O–H groups in total. The van der Waals surface area contributed by atoms with Gasteiger partial charge in [-0.3, -0.25) is 0 Å². The predicted molar refractivity (Wildman–Crippen MR) is 73.8 cm³/mol. The van der Waals surface area contributed by atoms with E-state index in [0.717, 1.165) is 18.4 Å². The Kier molecular flexibility index (Phi) is 6.28. The van der Waals surface area contributed by atoms with E-state index in [1.54, 1.807) is 6.07 Å². The molecule has 0 aliphatic carbocycles. The molecule has 17 heavy (non-hydrogen) atoms. The number of nitrogens with one attached hydrogen (secondary N) is 1. The molecule has 4 heteroatoms. The maximum atomic E-state index is 8.78. The van der Waals surface area contributed by atoms with Gasteiger partial charge in [-0.15, -0.1) is 0 Å². The first-order chi connectivity index (χ1) is 8.04. The van der Waals surface area contributed by atoms with Crippen LogP contribution in [-0.2, 0) is 0 Å². The van der Waals surface area contributed by atoms with E-state index in [-0.39, 0.29) is 12.6 Å². The molecule has 0 aromatic heterocycles. The Morgan fingerprint density at radius 2 is 2.00 bits per heavy atom. The first-order valence-electron chi connectivity index (χ1n) is 5.86. The van der Waals surface area contributed by atoms with Crippen molar-refractivity contribution in [3.05, 3.63) is 33.8 Å². The fourth-order valence-corrected chi connectivity index (χ4v) is 2.42. The minimum atomic E-state index is 0.174. The van der Waals surface area contributed by atoms with Crippen LogP contribution in [0.3, 0.4) is 0 Å². The summed E-state index contributed by atoms with van der Waals surface area (Å²) in [6, 6.07) is 6.08. The molecule has 2 atom stereocenters. The molecule has 1 aromatic rings. The highest BCUT2D eigenvalue weighted by Gasteiger charge is 2.12. The molecule has 0 spiro atoms. The summed E-state index contributed by atoms with van der Waals surface area (Å²) < 4.78 is 0. The summed E-state index contributed by atoms with van der Waals surface area (Å²) >= 11 is 12.0. The Bertz CT molecular complexity index is 357. The third-order valence-corrected chi connectivity index (χ3v) is 3.32. The lowest BCUT2D eigenvalue weighted by atomic mass is 10.1. The minimum Gasteiger partial charge on any atom is -0.396 e. The van der Waals surface area contributed by atoms with Crippen LogP contribution in [0.2, 0.25) is 10.0 Å². The lowest BCUT2D eigenvalue weighted by Gasteiger charge is -2.21. The van der Waals surface area contributed by atoms with Gasteiger partial charge in [-0.05, 0) is 44.4 Å². The van der Waals surface area contributed by atoms with Crippen LogP contribution in [0.1, 0.15) is 38.3 Å². The lowest BCUT2D eigenvalue weighted by Crippen LogP contribution is -2.29. The van der Waals surface area contributed by atoms with Gasteiger partial charge in [-0.2, -0.15) is 0 Å². The highest BCUT2D eigenvalue weighted by Crippen LogP contribution is 2.26. The van der Waals surface area contributed by atoms with Crippen molar-refractivity contribution < 1.29 is 5.11 Å². The standard InChI is InChI=1S/C13H19Cl2NO/c1-9(4-3-7-17)16-10(2)12-6-5-11(14)8-13(12)15/h5-6,8-10,16-17H,3-4,7H2,1-2H3. The number of rotatable bonds is 6. The van der Waals surface area contributed by atoms with Crippen molar-refractivity contribution in [2.24, 2.45) is 0 Å². The summed E-state index contributed by atoms with van der Waals surface area (Å²) in [6.07, 6.45) is 1.77. The Hall–Kier alpha value is -0.280. The van der Waals surface area contributed by atoms with Gasteiger partial charge < -0.3 is 10.4 Å². The van der Waals surface area contributed by atoms with Gasteiger partial charge in [0.15, 0.2) is 0 Å². The van der Waals surface area contributed by atoms with Gasteiger partial charge in [-0.1, -0.05) is 29.3 Å². The van der Waals surface area contributed by atoms with Gasteiger partial charge in [0.1, 0.15) is 0 Å². The molecule has 0 aliphatic heterocycles. The van der Waals surface area contributed by atoms with Crippen LogP contribution in [0.15, 0.2) is 18.2 Å². The van der Waals surface area contributed by atoms with Crippen molar-refractivity contribution in [1.82, 2.24) is 5.32 Å². The number of hydrogen-bond acceptors (Lipinski definition) is 2. The third-order valence-electron chi connectivity index (χ3n) is 2.76. The summed E-state index contributed by atoms with van der Waals surface area (Å²) in [6.45, 7) is 4.42. The lowest BCUT2D eigenvalue weighted by molar-refractivity contribution is 0.274. The number of aliphatic hydroxyl groups is 1. The first kappa shape index (κ1) is 14.8. The van der Waals surface area contributed by atoms with E-state index in [2.05, 4.69) is 19.2 Å². The quantitative estimate of drug-likeness (QED) is 0.828. The minimum absolute atomic E-state index is 0.174. The van der Waals surface area contributed by atoms with Crippen LogP contribution < -0.4 is 5.32 Å². The van der Waals surface area contributed by atoms with Gasteiger partial charge in [0.2, 0.25) is 0 Å². The highest BCUT2D eigenvalue weighted by atomic mass is 35.5. The molecule has 2 nitrogen and oxygen atoms in total. The second-order valence-electron chi connectivity index (χ2n) is 4.32. The Labute approximate surface area is 113 Å². The van der Waals surface area contributed by atoms with Crippen molar-refractivity contribution in [2.45, 2.75) is 38.8 Å². The molecular formula is C13H19Cl2NO. The highest BCUT2D eigenvalue weighted by molar-refractivity contribution is 6.35. The van der Waals surface area contributed by atoms with Gasteiger partial charge in [0.05, 0.1) is 0 Å². The molecule has 0 aliphatic rings. The van der Waals surface area contributed by atoms with E-state index in [1.165, 1.54) is 0 Å². The zero-order valence-corrected chi connectivity index (χ0v) is 11.7. The third kappa shape index (κ3) is 4.84. The number of benzene rings is 1. The molecular weight excluding hydrogens is 257 g/mol. The average Bonchev–Trinajstić information content (AvgIpc) is 2.26. The topological polar surface area (TPSA) is 32.3 Å². The second kappa shape index (κ2) is 7.22. The normalized spacial score (nSPS) is 14.6. The van der Waals surface area contributed by atoms with Crippen LogP contribution in [0, 0.1) is 0 Å². The van der Waals surface area contributed by atoms with Crippen LogP contribution in [0.4, 0.5) is 0 Å². The SMILES string of the molecule is CC(CCCO)NC(C)c1ccc(Cl)cc1Cl. The summed E-state index contributed by atoms with van der Waals surface area (Å²) in [4.78, 5) is 0. The van der Waals surface area contributed by atoms with Crippen LogP contribution in [-0.4, -0.2) is 17.8 Å². The Morgan fingerprint density at radius 1 is 1.29 bits per heavy atom. The smallest absolute Gasteiger partial charge is 0.0468 e. The van der Waals surface area contributed by atoms with Gasteiger partial charge in [0, 0.05) is 28.7 Å². The summed E-state index contributed by atoms with van der Waals surface area (Å²) in [5.41, 5.74) is 1.05. The van der Waals surface area contributed by atoms with E-state index in [9.17, 15) is 0 Å². The monoisotopic (exact) mass is 275 g/mol. The molecule has 0 bridgehead atoms. The van der Waals surface area contributed by atoms with Gasteiger partial charge >= 0.3 is 0 Å².